The van der Waals surface area contributed by atoms with Crippen LogP contribution < -0.4 is 0 Å². The molecule has 1 rings (SSSR count). The molecule has 0 unspecified atom stereocenters. The number of allylic oxidation sites excluding steroid dienone is 8. The average Bonchev–Trinajstić information content (AvgIpc) is 2.09. The zero-order valence-electron chi connectivity index (χ0n) is 7.36. The Hall–Kier alpha value is -1.70. The Balaban J connectivity index is 3.00. The molecule has 13 heavy (non-hydrogen) atoms. The van der Waals surface area contributed by atoms with Gasteiger partial charge in [0.2, 0.25) is 0 Å². The molecule has 0 saturated carbocycles. The van der Waals surface area contributed by atoms with Crippen LogP contribution in [0.5, 0.6) is 0 Å². The summed E-state index contributed by atoms with van der Waals surface area (Å²) in [6, 6.07) is 0. The van der Waals surface area contributed by atoms with Gasteiger partial charge in [0.15, 0.2) is 11.6 Å². The molecule has 0 radical (unpaired) electrons. The van der Waals surface area contributed by atoms with Crippen molar-refractivity contribution >= 4 is 11.6 Å². The number of ketones is 2. The number of hydrogen-bond acceptors (Lipinski definition) is 2. The van der Waals surface area contributed by atoms with Gasteiger partial charge < -0.3 is 0 Å². The van der Waals surface area contributed by atoms with Gasteiger partial charge in [0.05, 0.1) is 0 Å². The maximum absolute atomic E-state index is 11.2. The maximum Gasteiger partial charge on any atom is 0.181 e. The lowest BCUT2D eigenvalue weighted by Crippen LogP contribution is -1.98. The van der Waals surface area contributed by atoms with Crippen molar-refractivity contribution < 1.29 is 9.59 Å². The Bertz CT molecular complexity index is 341. The van der Waals surface area contributed by atoms with Crippen molar-refractivity contribution in [1.29, 1.82) is 0 Å². The molecule has 0 amide bonds. The summed E-state index contributed by atoms with van der Waals surface area (Å²) < 4.78 is 0. The summed E-state index contributed by atoms with van der Waals surface area (Å²) in [4.78, 5) is 22.3. The number of hydrogen-bond donors (Lipinski definition) is 0. The van der Waals surface area contributed by atoms with Gasteiger partial charge in [-0.2, -0.15) is 0 Å². The molecule has 0 aromatic carbocycles. The molecular weight excluding hydrogens is 164 g/mol. The molecule has 0 bridgehead atoms. The molecular formula is C11H10O2. The van der Waals surface area contributed by atoms with Crippen molar-refractivity contribution in [3.05, 3.63) is 48.1 Å². The van der Waals surface area contributed by atoms with Crippen LogP contribution in [-0.2, 0) is 9.59 Å². The zero-order chi connectivity index (χ0) is 9.68. The molecule has 0 aromatic rings. The van der Waals surface area contributed by atoms with Crippen LogP contribution in [0.1, 0.15) is 6.92 Å². The van der Waals surface area contributed by atoms with Crippen LogP contribution in [0, 0.1) is 0 Å². The maximum atomic E-state index is 11.2. The number of rotatable bonds is 0. The van der Waals surface area contributed by atoms with E-state index in [0.717, 1.165) is 0 Å². The van der Waals surface area contributed by atoms with Gasteiger partial charge in [0.1, 0.15) is 0 Å². The van der Waals surface area contributed by atoms with Crippen LogP contribution >= 0.6 is 0 Å². The normalized spacial score (nSPS) is 28.8. The van der Waals surface area contributed by atoms with Crippen LogP contribution in [0.25, 0.3) is 0 Å². The Morgan fingerprint density at radius 1 is 0.923 bits per heavy atom. The van der Waals surface area contributed by atoms with Crippen LogP contribution in [0.4, 0.5) is 0 Å². The van der Waals surface area contributed by atoms with Gasteiger partial charge in [0.25, 0.3) is 0 Å². The summed E-state index contributed by atoms with van der Waals surface area (Å²) in [5, 5.41) is 0. The Morgan fingerprint density at radius 2 is 1.54 bits per heavy atom. The molecule has 66 valence electrons. The third kappa shape index (κ3) is 3.03. The lowest BCUT2D eigenvalue weighted by molar-refractivity contribution is -0.113. The van der Waals surface area contributed by atoms with Crippen molar-refractivity contribution in [2.24, 2.45) is 0 Å². The van der Waals surface area contributed by atoms with E-state index in [1.54, 1.807) is 31.2 Å². The minimum absolute atomic E-state index is 0.131. The molecule has 2 nitrogen and oxygen atoms in total. The van der Waals surface area contributed by atoms with Crippen LogP contribution in [0.2, 0.25) is 0 Å². The molecule has 2 heteroatoms. The third-order valence-corrected chi connectivity index (χ3v) is 1.59. The molecule has 0 heterocycles. The molecule has 0 aromatic heterocycles. The molecule has 0 fully saturated rings. The van der Waals surface area contributed by atoms with Crippen LogP contribution in [0.15, 0.2) is 48.1 Å². The highest BCUT2D eigenvalue weighted by Crippen LogP contribution is 1.99. The SMILES string of the molecule is C/C1=C/C(=O)/C=C/C=C\C=C\C1=O. The minimum Gasteiger partial charge on any atom is -0.290 e. The highest BCUT2D eigenvalue weighted by Gasteiger charge is 2.01. The fourth-order valence-corrected chi connectivity index (χ4v) is 0.886. The molecule has 0 spiro atoms. The second-order valence-corrected chi connectivity index (χ2v) is 2.70. The monoisotopic (exact) mass is 174 g/mol. The summed E-state index contributed by atoms with van der Waals surface area (Å²) in [5.41, 5.74) is 0.459. The topological polar surface area (TPSA) is 34.1 Å². The minimum atomic E-state index is -0.161. The van der Waals surface area contributed by atoms with Gasteiger partial charge in [-0.05, 0) is 25.2 Å². The van der Waals surface area contributed by atoms with E-state index in [1.165, 1.54) is 18.2 Å². The van der Waals surface area contributed by atoms with E-state index in [1.807, 2.05) is 0 Å². The van der Waals surface area contributed by atoms with Crippen molar-refractivity contribution in [3.8, 4) is 0 Å². The smallest absolute Gasteiger partial charge is 0.181 e. The summed E-state index contributed by atoms with van der Waals surface area (Å²) in [7, 11) is 0. The lowest BCUT2D eigenvalue weighted by atomic mass is 10.1. The van der Waals surface area contributed by atoms with Gasteiger partial charge in [-0.25, -0.2) is 0 Å². The molecule has 0 N–H and O–H groups in total. The summed E-state index contributed by atoms with van der Waals surface area (Å²) >= 11 is 0. The van der Waals surface area contributed by atoms with Crippen LogP contribution in [-0.4, -0.2) is 11.6 Å². The Kier molecular flexibility index (Phi) is 3.15. The predicted octanol–water partition coefficient (Wildman–Crippen LogP) is 1.75. The van der Waals surface area contributed by atoms with Gasteiger partial charge in [0, 0.05) is 5.57 Å². The largest absolute Gasteiger partial charge is 0.290 e. The van der Waals surface area contributed by atoms with E-state index < -0.39 is 0 Å². The highest BCUT2D eigenvalue weighted by molar-refractivity contribution is 6.10. The molecule has 1 aliphatic rings. The molecule has 0 atom stereocenters. The van der Waals surface area contributed by atoms with E-state index in [4.69, 9.17) is 0 Å². The van der Waals surface area contributed by atoms with E-state index in [0.29, 0.717) is 5.57 Å². The highest BCUT2D eigenvalue weighted by atomic mass is 16.1. The van der Waals surface area contributed by atoms with E-state index >= 15 is 0 Å². The van der Waals surface area contributed by atoms with Crippen molar-refractivity contribution in [1.82, 2.24) is 0 Å². The Labute approximate surface area is 76.9 Å². The first kappa shape index (κ1) is 9.39. The summed E-state index contributed by atoms with van der Waals surface area (Å²) in [5.74, 6) is -0.292. The van der Waals surface area contributed by atoms with Crippen LogP contribution in [0.3, 0.4) is 0 Å². The summed E-state index contributed by atoms with van der Waals surface area (Å²) in [6.07, 6.45) is 10.9. The first-order chi connectivity index (χ1) is 6.20. The second-order valence-electron chi connectivity index (χ2n) is 2.70. The van der Waals surface area contributed by atoms with Crippen molar-refractivity contribution in [3.63, 3.8) is 0 Å². The number of carbonyl (C=O) groups excluding carboxylic acids is 2. The van der Waals surface area contributed by atoms with Crippen molar-refractivity contribution in [2.45, 2.75) is 6.92 Å². The quantitative estimate of drug-likeness (QED) is 0.560. The van der Waals surface area contributed by atoms with Gasteiger partial charge in [-0.1, -0.05) is 24.3 Å². The second kappa shape index (κ2) is 4.36. The molecule has 0 aliphatic heterocycles. The van der Waals surface area contributed by atoms with Gasteiger partial charge in [-0.15, -0.1) is 0 Å². The number of carbonyl (C=O) groups is 2. The first-order valence-corrected chi connectivity index (χ1v) is 3.98. The fourth-order valence-electron chi connectivity index (χ4n) is 0.886. The standard InChI is InChI=1S/C11H10O2/c1-9-8-10(12)6-4-2-3-5-7-11(9)13/h2-8H,1H3/b3-2-,6-4+,7-5+,9-8-. The van der Waals surface area contributed by atoms with Gasteiger partial charge in [-0.3, -0.25) is 9.59 Å². The molecule has 0 saturated heterocycles. The third-order valence-electron chi connectivity index (χ3n) is 1.59. The molecule has 1 aliphatic carbocycles. The van der Waals surface area contributed by atoms with E-state index in [2.05, 4.69) is 0 Å². The van der Waals surface area contributed by atoms with Gasteiger partial charge >= 0.3 is 0 Å². The average molecular weight is 174 g/mol. The first-order valence-electron chi connectivity index (χ1n) is 3.98. The predicted molar refractivity (Wildman–Crippen MR) is 51.2 cm³/mol. The Morgan fingerprint density at radius 3 is 2.23 bits per heavy atom. The van der Waals surface area contributed by atoms with E-state index in [9.17, 15) is 9.59 Å². The lowest BCUT2D eigenvalue weighted by Gasteiger charge is -1.93. The van der Waals surface area contributed by atoms with E-state index in [-0.39, 0.29) is 11.6 Å². The summed E-state index contributed by atoms with van der Waals surface area (Å²) in [6.45, 7) is 1.63. The van der Waals surface area contributed by atoms with Crippen molar-refractivity contribution in [2.75, 3.05) is 0 Å². The fraction of sp³-hybridized carbons (Fsp3) is 0.0909. The zero-order valence-corrected chi connectivity index (χ0v) is 7.36.